The van der Waals surface area contributed by atoms with Crippen molar-refractivity contribution in [2.45, 2.75) is 12.6 Å². The molecule has 2 aromatic carbocycles. The highest BCUT2D eigenvalue weighted by atomic mass is 19.1. The van der Waals surface area contributed by atoms with E-state index in [-0.39, 0.29) is 17.8 Å². The zero-order chi connectivity index (χ0) is 22.9. The van der Waals surface area contributed by atoms with Gasteiger partial charge in [-0.2, -0.15) is 0 Å². The number of rotatable bonds is 10. The number of benzene rings is 2. The van der Waals surface area contributed by atoms with Crippen molar-refractivity contribution in [2.75, 3.05) is 60.7 Å². The predicted octanol–water partition coefficient (Wildman–Crippen LogP) is 2.83. The highest BCUT2D eigenvalue weighted by Crippen LogP contribution is 2.26. The minimum Gasteiger partial charge on any atom is -0.497 e. The fraction of sp³-hybridized carbons (Fsp3) is 0.458. The summed E-state index contributed by atoms with van der Waals surface area (Å²) >= 11 is 0. The molecule has 7 nitrogen and oxygen atoms in total. The van der Waals surface area contributed by atoms with Crippen LogP contribution >= 0.6 is 0 Å². The Balaban J connectivity index is 1.66. The Labute approximate surface area is 188 Å². The number of methoxy groups -OCH3 is 3. The number of amides is 1. The smallest absolute Gasteiger partial charge is 0.254 e. The Morgan fingerprint density at radius 2 is 1.94 bits per heavy atom. The minimum absolute atomic E-state index is 0.144. The summed E-state index contributed by atoms with van der Waals surface area (Å²) in [6.45, 7) is 4.01. The van der Waals surface area contributed by atoms with E-state index in [9.17, 15) is 9.18 Å². The number of morpholine rings is 1. The lowest BCUT2D eigenvalue weighted by Crippen LogP contribution is -2.49. The second-order valence-corrected chi connectivity index (χ2v) is 7.66. The third-order valence-electron chi connectivity index (χ3n) is 5.48. The van der Waals surface area contributed by atoms with Crippen LogP contribution in [-0.4, -0.2) is 82.5 Å². The molecule has 1 saturated heterocycles. The topological polar surface area (TPSA) is 60.5 Å². The maximum atomic E-state index is 13.3. The van der Waals surface area contributed by atoms with E-state index in [1.165, 1.54) is 24.3 Å². The van der Waals surface area contributed by atoms with E-state index in [1.54, 1.807) is 26.2 Å². The summed E-state index contributed by atoms with van der Waals surface area (Å²) in [6.07, 6.45) is -0.144. The van der Waals surface area contributed by atoms with Crippen LogP contribution in [0.5, 0.6) is 11.5 Å². The molecule has 0 aromatic heterocycles. The third-order valence-corrected chi connectivity index (χ3v) is 5.48. The van der Waals surface area contributed by atoms with Crippen LogP contribution < -0.4 is 9.47 Å². The monoisotopic (exact) mass is 446 g/mol. The molecular formula is C24H31FN2O5. The normalized spacial score (nSPS) is 16.6. The minimum atomic E-state index is -0.370. The maximum absolute atomic E-state index is 13.3. The summed E-state index contributed by atoms with van der Waals surface area (Å²) in [4.78, 5) is 17.0. The molecule has 0 spiro atoms. The van der Waals surface area contributed by atoms with Crippen molar-refractivity contribution >= 4 is 5.91 Å². The Bertz CT molecular complexity index is 877. The van der Waals surface area contributed by atoms with Crippen LogP contribution in [0.4, 0.5) is 4.39 Å². The number of carbonyl (C=O) groups is 1. The number of nitrogens with zero attached hydrogens (tertiary/aromatic N) is 2. The van der Waals surface area contributed by atoms with Crippen molar-refractivity contribution in [1.82, 2.24) is 9.80 Å². The van der Waals surface area contributed by atoms with Gasteiger partial charge in [-0.1, -0.05) is 6.07 Å². The van der Waals surface area contributed by atoms with Crippen molar-refractivity contribution < 1.29 is 28.1 Å². The highest BCUT2D eigenvalue weighted by Gasteiger charge is 2.26. The first kappa shape index (κ1) is 24.0. The van der Waals surface area contributed by atoms with E-state index in [0.717, 1.165) is 23.6 Å². The van der Waals surface area contributed by atoms with Gasteiger partial charge in [-0.05, 0) is 30.3 Å². The van der Waals surface area contributed by atoms with Crippen LogP contribution in [0.15, 0.2) is 42.5 Å². The molecule has 0 radical (unpaired) electrons. The first-order chi connectivity index (χ1) is 15.5. The lowest BCUT2D eigenvalue weighted by atomic mass is 10.1. The molecule has 1 aliphatic rings. The molecule has 0 bridgehead atoms. The molecule has 1 fully saturated rings. The number of hydrogen-bond acceptors (Lipinski definition) is 6. The molecule has 32 heavy (non-hydrogen) atoms. The van der Waals surface area contributed by atoms with Crippen LogP contribution in [0.1, 0.15) is 15.9 Å². The van der Waals surface area contributed by atoms with Gasteiger partial charge in [0.05, 0.1) is 33.5 Å². The lowest BCUT2D eigenvalue weighted by Gasteiger charge is -2.36. The van der Waals surface area contributed by atoms with Crippen LogP contribution in [0.25, 0.3) is 0 Å². The summed E-state index contributed by atoms with van der Waals surface area (Å²) in [7, 11) is 4.88. The maximum Gasteiger partial charge on any atom is 0.254 e. The molecule has 0 N–H and O–H groups in total. The zero-order valence-corrected chi connectivity index (χ0v) is 18.9. The summed E-state index contributed by atoms with van der Waals surface area (Å²) in [6, 6.07) is 11.4. The summed E-state index contributed by atoms with van der Waals surface area (Å²) < 4.78 is 35.2. The quantitative estimate of drug-likeness (QED) is 0.560. The Hall–Kier alpha value is -2.68. The largest absolute Gasteiger partial charge is 0.497 e. The molecule has 1 heterocycles. The Kier molecular flexibility index (Phi) is 8.84. The van der Waals surface area contributed by atoms with Crippen molar-refractivity contribution in [1.29, 1.82) is 0 Å². The Morgan fingerprint density at radius 3 is 2.62 bits per heavy atom. The second-order valence-electron chi connectivity index (χ2n) is 7.66. The van der Waals surface area contributed by atoms with Gasteiger partial charge in [0.15, 0.2) is 0 Å². The van der Waals surface area contributed by atoms with Gasteiger partial charge in [-0.15, -0.1) is 0 Å². The standard InChI is InChI=1S/C24H31FN2O5/c1-29-12-11-27(24(28)18-4-7-20(25)8-5-18)17-22-16-26(10-13-32-22)15-19-6-9-21(30-2)14-23(19)31-3/h4-9,14,22H,10-13,15-17H2,1-3H3/t22-/m1/s1. The van der Waals surface area contributed by atoms with Crippen molar-refractivity contribution in [3.05, 3.63) is 59.4 Å². The van der Waals surface area contributed by atoms with Gasteiger partial charge in [0.25, 0.3) is 5.91 Å². The number of ether oxygens (including phenoxy) is 4. The molecule has 8 heteroatoms. The number of carbonyl (C=O) groups excluding carboxylic acids is 1. The highest BCUT2D eigenvalue weighted by molar-refractivity contribution is 5.94. The first-order valence-corrected chi connectivity index (χ1v) is 10.6. The second kappa shape index (κ2) is 11.8. The first-order valence-electron chi connectivity index (χ1n) is 10.6. The Morgan fingerprint density at radius 1 is 1.16 bits per heavy atom. The van der Waals surface area contributed by atoms with Crippen molar-refractivity contribution in [2.24, 2.45) is 0 Å². The molecule has 1 atom stereocenters. The fourth-order valence-corrected chi connectivity index (χ4v) is 3.76. The van der Waals surface area contributed by atoms with E-state index in [4.69, 9.17) is 18.9 Å². The third kappa shape index (κ3) is 6.41. The van der Waals surface area contributed by atoms with E-state index < -0.39 is 0 Å². The van der Waals surface area contributed by atoms with Crippen LogP contribution in [0.3, 0.4) is 0 Å². The van der Waals surface area contributed by atoms with Crippen molar-refractivity contribution in [3.8, 4) is 11.5 Å². The fourth-order valence-electron chi connectivity index (χ4n) is 3.76. The summed E-state index contributed by atoms with van der Waals surface area (Å²) in [5, 5.41) is 0. The molecule has 1 amide bonds. The van der Waals surface area contributed by atoms with Gasteiger partial charge in [0.1, 0.15) is 17.3 Å². The van der Waals surface area contributed by atoms with Crippen LogP contribution in [-0.2, 0) is 16.0 Å². The average Bonchev–Trinajstić information content (AvgIpc) is 2.82. The molecule has 174 valence electrons. The van der Waals surface area contributed by atoms with Crippen LogP contribution in [0.2, 0.25) is 0 Å². The van der Waals surface area contributed by atoms with Crippen LogP contribution in [0, 0.1) is 5.82 Å². The number of halogens is 1. The van der Waals surface area contributed by atoms with Gasteiger partial charge in [-0.3, -0.25) is 9.69 Å². The predicted molar refractivity (Wildman–Crippen MR) is 119 cm³/mol. The van der Waals surface area contributed by atoms with Gasteiger partial charge < -0.3 is 23.8 Å². The van der Waals surface area contributed by atoms with Gasteiger partial charge in [0, 0.05) is 57.0 Å². The average molecular weight is 447 g/mol. The number of hydrogen-bond donors (Lipinski definition) is 0. The molecule has 0 saturated carbocycles. The lowest BCUT2D eigenvalue weighted by molar-refractivity contribution is -0.0445. The van der Waals surface area contributed by atoms with Gasteiger partial charge >= 0.3 is 0 Å². The van der Waals surface area contributed by atoms with Gasteiger partial charge in [-0.25, -0.2) is 4.39 Å². The zero-order valence-electron chi connectivity index (χ0n) is 18.9. The van der Waals surface area contributed by atoms with E-state index in [1.807, 2.05) is 18.2 Å². The summed E-state index contributed by atoms with van der Waals surface area (Å²) in [5.41, 5.74) is 1.51. The van der Waals surface area contributed by atoms with E-state index in [2.05, 4.69) is 4.90 Å². The molecule has 2 aromatic rings. The molecular weight excluding hydrogens is 415 g/mol. The SMILES string of the molecule is COCCN(C[C@H]1CN(Cc2ccc(OC)cc2OC)CCO1)C(=O)c1ccc(F)cc1. The van der Waals surface area contributed by atoms with Gasteiger partial charge in [0.2, 0.25) is 0 Å². The molecule has 1 aliphatic heterocycles. The molecule has 0 unspecified atom stereocenters. The van der Waals surface area contributed by atoms with E-state index >= 15 is 0 Å². The van der Waals surface area contributed by atoms with Crippen molar-refractivity contribution in [3.63, 3.8) is 0 Å². The molecule has 3 rings (SSSR count). The molecule has 0 aliphatic carbocycles. The summed E-state index contributed by atoms with van der Waals surface area (Å²) in [5.74, 6) is 0.990. The van der Waals surface area contributed by atoms with E-state index in [0.29, 0.717) is 45.0 Å².